The Hall–Kier alpha value is -1.84. The molecular formula is C20H29NO3. The number of ether oxygens (including phenoxy) is 1. The molecule has 1 aliphatic rings. The molecular weight excluding hydrogens is 302 g/mol. The first-order chi connectivity index (χ1) is 11.4. The molecule has 0 unspecified atom stereocenters. The van der Waals surface area contributed by atoms with E-state index in [0.29, 0.717) is 19.6 Å². The van der Waals surface area contributed by atoms with Crippen molar-refractivity contribution in [1.29, 1.82) is 0 Å². The minimum Gasteiger partial charge on any atom is -0.466 e. The van der Waals surface area contributed by atoms with E-state index < -0.39 is 5.41 Å². The van der Waals surface area contributed by atoms with Gasteiger partial charge in [0.1, 0.15) is 0 Å². The predicted octanol–water partition coefficient (Wildman–Crippen LogP) is 3.39. The van der Waals surface area contributed by atoms with Crippen molar-refractivity contribution in [3.63, 3.8) is 0 Å². The van der Waals surface area contributed by atoms with E-state index in [4.69, 9.17) is 4.74 Å². The molecule has 1 saturated carbocycles. The molecule has 0 bridgehead atoms. The molecule has 132 valence electrons. The number of carbonyl (C=O) groups is 2. The average molecular weight is 331 g/mol. The van der Waals surface area contributed by atoms with Crippen LogP contribution in [0.5, 0.6) is 0 Å². The fourth-order valence-electron chi connectivity index (χ4n) is 3.77. The third-order valence-electron chi connectivity index (χ3n) is 5.07. The average Bonchev–Trinajstić information content (AvgIpc) is 2.99. The monoisotopic (exact) mass is 331 g/mol. The molecule has 1 fully saturated rings. The van der Waals surface area contributed by atoms with Gasteiger partial charge in [-0.3, -0.25) is 9.59 Å². The van der Waals surface area contributed by atoms with Crippen molar-refractivity contribution < 1.29 is 14.3 Å². The van der Waals surface area contributed by atoms with Crippen molar-refractivity contribution in [3.8, 4) is 0 Å². The van der Waals surface area contributed by atoms with Gasteiger partial charge in [-0.25, -0.2) is 0 Å². The summed E-state index contributed by atoms with van der Waals surface area (Å²) in [5, 5.41) is 2.98. The van der Waals surface area contributed by atoms with Gasteiger partial charge in [-0.1, -0.05) is 30.5 Å². The zero-order valence-corrected chi connectivity index (χ0v) is 15.3. The third-order valence-corrected chi connectivity index (χ3v) is 5.07. The summed E-state index contributed by atoms with van der Waals surface area (Å²) < 4.78 is 5.24. The molecule has 1 aromatic carbocycles. The van der Waals surface area contributed by atoms with Crippen molar-refractivity contribution in [2.24, 2.45) is 5.41 Å². The minimum absolute atomic E-state index is 0.0272. The molecule has 1 aliphatic carbocycles. The van der Waals surface area contributed by atoms with Crippen LogP contribution < -0.4 is 5.32 Å². The van der Waals surface area contributed by atoms with Gasteiger partial charge in [0.15, 0.2) is 0 Å². The van der Waals surface area contributed by atoms with Gasteiger partial charge in [0, 0.05) is 6.54 Å². The quantitative estimate of drug-likeness (QED) is 0.813. The summed E-state index contributed by atoms with van der Waals surface area (Å²) in [7, 11) is 0. The van der Waals surface area contributed by atoms with E-state index >= 15 is 0 Å². The standard InChI is InChI=1S/C20H29NO3/c1-5-24-19(23)20(8-6-7-9-20)13-21-18(22)12-17-15(3)10-14(2)11-16(17)4/h10-11H,5-9,12-13H2,1-4H3,(H,21,22). The maximum absolute atomic E-state index is 12.4. The molecule has 2 rings (SSSR count). The lowest BCUT2D eigenvalue weighted by molar-refractivity contribution is -0.155. The highest BCUT2D eigenvalue weighted by Crippen LogP contribution is 2.38. The van der Waals surface area contributed by atoms with Crippen LogP contribution in [-0.4, -0.2) is 25.0 Å². The van der Waals surface area contributed by atoms with Crippen molar-refractivity contribution >= 4 is 11.9 Å². The van der Waals surface area contributed by atoms with Gasteiger partial charge in [-0.2, -0.15) is 0 Å². The molecule has 1 amide bonds. The van der Waals surface area contributed by atoms with Crippen LogP contribution in [0, 0.1) is 26.2 Å². The second kappa shape index (κ2) is 7.82. The van der Waals surface area contributed by atoms with Crippen molar-refractivity contribution in [2.75, 3.05) is 13.2 Å². The van der Waals surface area contributed by atoms with Crippen LogP contribution in [-0.2, 0) is 20.7 Å². The molecule has 0 radical (unpaired) electrons. The van der Waals surface area contributed by atoms with Crippen LogP contribution in [0.1, 0.15) is 54.9 Å². The molecule has 0 heterocycles. The molecule has 4 heteroatoms. The Morgan fingerprint density at radius 3 is 2.25 bits per heavy atom. The molecule has 0 spiro atoms. The Morgan fingerprint density at radius 2 is 1.71 bits per heavy atom. The molecule has 4 nitrogen and oxygen atoms in total. The number of aryl methyl sites for hydroxylation is 3. The summed E-state index contributed by atoms with van der Waals surface area (Å²) in [6.45, 7) is 8.74. The van der Waals surface area contributed by atoms with E-state index in [0.717, 1.165) is 42.4 Å². The minimum atomic E-state index is -0.525. The Kier molecular flexibility index (Phi) is 6.03. The summed E-state index contributed by atoms with van der Waals surface area (Å²) in [5.74, 6) is -0.189. The number of hydrogen-bond acceptors (Lipinski definition) is 3. The Bertz CT molecular complexity index is 592. The van der Waals surface area contributed by atoms with E-state index in [-0.39, 0.29) is 11.9 Å². The Balaban J connectivity index is 2.01. The largest absolute Gasteiger partial charge is 0.466 e. The predicted molar refractivity (Wildman–Crippen MR) is 94.9 cm³/mol. The molecule has 0 aliphatic heterocycles. The van der Waals surface area contributed by atoms with Crippen molar-refractivity contribution in [1.82, 2.24) is 5.32 Å². The fourth-order valence-corrected chi connectivity index (χ4v) is 3.77. The summed E-state index contributed by atoms with van der Waals surface area (Å²) in [5.41, 5.74) is 4.05. The lowest BCUT2D eigenvalue weighted by Crippen LogP contribution is -2.42. The van der Waals surface area contributed by atoms with E-state index in [9.17, 15) is 9.59 Å². The number of benzene rings is 1. The second-order valence-electron chi connectivity index (χ2n) is 7.04. The molecule has 1 N–H and O–H groups in total. The van der Waals surface area contributed by atoms with Gasteiger partial charge in [0.25, 0.3) is 0 Å². The van der Waals surface area contributed by atoms with Gasteiger partial charge < -0.3 is 10.1 Å². The number of hydrogen-bond donors (Lipinski definition) is 1. The molecule has 1 aromatic rings. The highest BCUT2D eigenvalue weighted by Gasteiger charge is 2.42. The fraction of sp³-hybridized carbons (Fsp3) is 0.600. The van der Waals surface area contributed by atoms with Crippen molar-refractivity contribution in [3.05, 3.63) is 34.4 Å². The number of esters is 1. The number of rotatable bonds is 6. The molecule has 0 aromatic heterocycles. The smallest absolute Gasteiger partial charge is 0.313 e. The highest BCUT2D eigenvalue weighted by molar-refractivity contribution is 5.82. The summed E-state index contributed by atoms with van der Waals surface area (Å²) in [6.07, 6.45) is 4.00. The van der Waals surface area contributed by atoms with Crippen LogP contribution in [0.3, 0.4) is 0 Å². The molecule has 0 atom stereocenters. The molecule has 0 saturated heterocycles. The van der Waals surface area contributed by atoms with Crippen LogP contribution in [0.15, 0.2) is 12.1 Å². The number of nitrogens with one attached hydrogen (secondary N) is 1. The number of carbonyl (C=O) groups excluding carboxylic acids is 2. The van der Waals surface area contributed by atoms with E-state index in [1.807, 2.05) is 20.8 Å². The maximum Gasteiger partial charge on any atom is 0.313 e. The van der Waals surface area contributed by atoms with Crippen LogP contribution in [0.25, 0.3) is 0 Å². The van der Waals surface area contributed by atoms with E-state index in [1.165, 1.54) is 5.56 Å². The summed E-state index contributed by atoms with van der Waals surface area (Å²) in [6, 6.07) is 4.21. The van der Waals surface area contributed by atoms with E-state index in [1.54, 1.807) is 0 Å². The van der Waals surface area contributed by atoms with Gasteiger partial charge in [-0.05, 0) is 57.2 Å². The third kappa shape index (κ3) is 4.16. The summed E-state index contributed by atoms with van der Waals surface area (Å²) in [4.78, 5) is 24.7. The normalized spacial score (nSPS) is 16.0. The molecule has 24 heavy (non-hydrogen) atoms. The maximum atomic E-state index is 12.4. The zero-order valence-electron chi connectivity index (χ0n) is 15.3. The lowest BCUT2D eigenvalue weighted by Gasteiger charge is -2.26. The van der Waals surface area contributed by atoms with Gasteiger partial charge in [0.05, 0.1) is 18.4 Å². The SMILES string of the molecule is CCOC(=O)C1(CNC(=O)Cc2c(C)cc(C)cc2C)CCCC1. The first-order valence-corrected chi connectivity index (χ1v) is 8.88. The lowest BCUT2D eigenvalue weighted by atomic mass is 9.86. The first-order valence-electron chi connectivity index (χ1n) is 8.88. The zero-order chi connectivity index (χ0) is 17.7. The van der Waals surface area contributed by atoms with Gasteiger partial charge >= 0.3 is 5.97 Å². The first kappa shape index (κ1) is 18.5. The van der Waals surface area contributed by atoms with Crippen LogP contribution in [0.4, 0.5) is 0 Å². The van der Waals surface area contributed by atoms with Crippen molar-refractivity contribution in [2.45, 2.75) is 59.8 Å². The Morgan fingerprint density at radius 1 is 1.12 bits per heavy atom. The highest BCUT2D eigenvalue weighted by atomic mass is 16.5. The second-order valence-corrected chi connectivity index (χ2v) is 7.04. The topological polar surface area (TPSA) is 55.4 Å². The summed E-state index contributed by atoms with van der Waals surface area (Å²) >= 11 is 0. The number of amides is 1. The van der Waals surface area contributed by atoms with Crippen LogP contribution in [0.2, 0.25) is 0 Å². The Labute approximate surface area is 145 Å². The van der Waals surface area contributed by atoms with Gasteiger partial charge in [-0.15, -0.1) is 0 Å². The van der Waals surface area contributed by atoms with E-state index in [2.05, 4.69) is 24.4 Å². The van der Waals surface area contributed by atoms with Crippen LogP contribution >= 0.6 is 0 Å². The van der Waals surface area contributed by atoms with Gasteiger partial charge in [0.2, 0.25) is 5.91 Å².